The SMILES string of the molecule is CC(C)C(NC1CCCOCC1)C(N)=O. The maximum absolute atomic E-state index is 11.2. The van der Waals surface area contributed by atoms with Crippen LogP contribution >= 0.6 is 0 Å². The molecule has 15 heavy (non-hydrogen) atoms. The zero-order chi connectivity index (χ0) is 11.3. The van der Waals surface area contributed by atoms with Crippen LogP contribution in [0.5, 0.6) is 0 Å². The predicted octanol–water partition coefficient (Wildman–Crippen LogP) is 0.655. The van der Waals surface area contributed by atoms with E-state index < -0.39 is 0 Å². The minimum Gasteiger partial charge on any atom is -0.381 e. The summed E-state index contributed by atoms with van der Waals surface area (Å²) in [5.74, 6) is -0.0122. The molecule has 0 radical (unpaired) electrons. The lowest BCUT2D eigenvalue weighted by molar-refractivity contribution is -0.121. The Morgan fingerprint density at radius 1 is 1.40 bits per heavy atom. The first-order valence-corrected chi connectivity index (χ1v) is 5.74. The highest BCUT2D eigenvalue weighted by Gasteiger charge is 2.23. The molecular weight excluding hydrogens is 192 g/mol. The Balaban J connectivity index is 2.45. The van der Waals surface area contributed by atoms with Crippen molar-refractivity contribution in [2.45, 2.75) is 45.2 Å². The van der Waals surface area contributed by atoms with Gasteiger partial charge in [-0.1, -0.05) is 13.8 Å². The summed E-state index contributed by atoms with van der Waals surface area (Å²) >= 11 is 0. The molecule has 1 amide bonds. The molecule has 0 saturated carbocycles. The molecule has 88 valence electrons. The van der Waals surface area contributed by atoms with E-state index >= 15 is 0 Å². The molecule has 0 aromatic rings. The van der Waals surface area contributed by atoms with Gasteiger partial charge in [0.25, 0.3) is 0 Å². The van der Waals surface area contributed by atoms with Crippen molar-refractivity contribution in [3.05, 3.63) is 0 Å². The summed E-state index contributed by atoms with van der Waals surface area (Å²) in [4.78, 5) is 11.2. The molecule has 0 spiro atoms. The van der Waals surface area contributed by atoms with Crippen molar-refractivity contribution in [1.82, 2.24) is 5.32 Å². The van der Waals surface area contributed by atoms with Crippen molar-refractivity contribution in [3.8, 4) is 0 Å². The average molecular weight is 214 g/mol. The second-order valence-corrected chi connectivity index (χ2v) is 4.53. The molecule has 0 bridgehead atoms. The Bertz CT molecular complexity index is 199. The van der Waals surface area contributed by atoms with E-state index in [4.69, 9.17) is 10.5 Å². The van der Waals surface area contributed by atoms with Gasteiger partial charge in [0.1, 0.15) is 0 Å². The molecule has 4 heteroatoms. The van der Waals surface area contributed by atoms with Gasteiger partial charge in [-0.25, -0.2) is 0 Å². The molecule has 4 nitrogen and oxygen atoms in total. The fourth-order valence-electron chi connectivity index (χ4n) is 1.93. The molecule has 0 aromatic heterocycles. The van der Waals surface area contributed by atoms with Crippen molar-refractivity contribution in [1.29, 1.82) is 0 Å². The Hall–Kier alpha value is -0.610. The van der Waals surface area contributed by atoms with Gasteiger partial charge in [-0.2, -0.15) is 0 Å². The van der Waals surface area contributed by atoms with Crippen LogP contribution in [-0.2, 0) is 9.53 Å². The van der Waals surface area contributed by atoms with Crippen LogP contribution in [-0.4, -0.2) is 31.2 Å². The highest BCUT2D eigenvalue weighted by Crippen LogP contribution is 2.11. The van der Waals surface area contributed by atoms with E-state index in [9.17, 15) is 4.79 Å². The largest absolute Gasteiger partial charge is 0.381 e. The summed E-state index contributed by atoms with van der Waals surface area (Å²) in [6, 6.07) is 0.153. The third-order valence-electron chi connectivity index (χ3n) is 2.84. The Kier molecular flexibility index (Phi) is 5.05. The minimum absolute atomic E-state index is 0.215. The number of hydrogen-bond acceptors (Lipinski definition) is 3. The second kappa shape index (κ2) is 6.08. The van der Waals surface area contributed by atoms with Crippen LogP contribution in [0.15, 0.2) is 0 Å². The van der Waals surface area contributed by atoms with E-state index in [0.717, 1.165) is 32.5 Å². The molecule has 1 aliphatic rings. The van der Waals surface area contributed by atoms with Gasteiger partial charge in [0.05, 0.1) is 6.04 Å². The third-order valence-corrected chi connectivity index (χ3v) is 2.84. The normalized spacial score (nSPS) is 24.9. The summed E-state index contributed by atoms with van der Waals surface area (Å²) in [5.41, 5.74) is 5.36. The fraction of sp³-hybridized carbons (Fsp3) is 0.909. The van der Waals surface area contributed by atoms with Crippen LogP contribution in [0.25, 0.3) is 0 Å². The van der Waals surface area contributed by atoms with E-state index in [2.05, 4.69) is 5.32 Å². The van der Waals surface area contributed by atoms with Crippen LogP contribution in [0.1, 0.15) is 33.1 Å². The van der Waals surface area contributed by atoms with E-state index in [1.165, 1.54) is 0 Å². The molecule has 0 aliphatic carbocycles. The molecule has 1 fully saturated rings. The van der Waals surface area contributed by atoms with Gasteiger partial charge in [0.15, 0.2) is 0 Å². The van der Waals surface area contributed by atoms with Crippen molar-refractivity contribution >= 4 is 5.91 Å². The number of primary amides is 1. The molecule has 1 rings (SSSR count). The number of nitrogens with two attached hydrogens (primary N) is 1. The maximum atomic E-state index is 11.2. The molecule has 2 atom stereocenters. The van der Waals surface area contributed by atoms with Crippen LogP contribution in [0.2, 0.25) is 0 Å². The van der Waals surface area contributed by atoms with Crippen molar-refractivity contribution < 1.29 is 9.53 Å². The van der Waals surface area contributed by atoms with Crippen molar-refractivity contribution in [3.63, 3.8) is 0 Å². The minimum atomic E-state index is -0.254. The lowest BCUT2D eigenvalue weighted by Crippen LogP contribution is -2.49. The summed E-state index contributed by atoms with van der Waals surface area (Å²) in [5, 5.41) is 3.34. The maximum Gasteiger partial charge on any atom is 0.234 e. The van der Waals surface area contributed by atoms with Crippen LogP contribution in [0.3, 0.4) is 0 Å². The first-order valence-electron chi connectivity index (χ1n) is 5.74. The first-order chi connectivity index (χ1) is 7.11. The van der Waals surface area contributed by atoms with E-state index in [-0.39, 0.29) is 17.9 Å². The van der Waals surface area contributed by atoms with Crippen LogP contribution in [0.4, 0.5) is 0 Å². The molecule has 0 aromatic carbocycles. The van der Waals surface area contributed by atoms with Gasteiger partial charge in [0.2, 0.25) is 5.91 Å². The zero-order valence-electron chi connectivity index (χ0n) is 9.66. The van der Waals surface area contributed by atoms with Crippen LogP contribution < -0.4 is 11.1 Å². The topological polar surface area (TPSA) is 64.3 Å². The lowest BCUT2D eigenvalue weighted by atomic mass is 10.0. The third kappa shape index (κ3) is 4.18. The van der Waals surface area contributed by atoms with Gasteiger partial charge in [-0.05, 0) is 25.2 Å². The lowest BCUT2D eigenvalue weighted by Gasteiger charge is -2.25. The van der Waals surface area contributed by atoms with E-state index in [0.29, 0.717) is 6.04 Å². The number of rotatable bonds is 4. The standard InChI is InChI=1S/C11H22N2O2/c1-8(2)10(11(12)14)13-9-4-3-6-15-7-5-9/h8-10,13H,3-7H2,1-2H3,(H2,12,14). The monoisotopic (exact) mass is 214 g/mol. The number of carbonyl (C=O) groups is 1. The van der Waals surface area contributed by atoms with Gasteiger partial charge in [0, 0.05) is 19.3 Å². The average Bonchev–Trinajstić information content (AvgIpc) is 2.41. The Labute approximate surface area is 91.5 Å². The van der Waals surface area contributed by atoms with E-state index in [1.807, 2.05) is 13.8 Å². The highest BCUT2D eigenvalue weighted by atomic mass is 16.5. The molecular formula is C11H22N2O2. The van der Waals surface area contributed by atoms with Gasteiger partial charge >= 0.3 is 0 Å². The summed E-state index contributed by atoms with van der Waals surface area (Å²) < 4.78 is 5.37. The van der Waals surface area contributed by atoms with Gasteiger partial charge in [-0.15, -0.1) is 0 Å². The number of ether oxygens (including phenoxy) is 1. The smallest absolute Gasteiger partial charge is 0.234 e. The van der Waals surface area contributed by atoms with E-state index in [1.54, 1.807) is 0 Å². The Morgan fingerprint density at radius 3 is 2.73 bits per heavy atom. The van der Waals surface area contributed by atoms with Crippen LogP contribution in [0, 0.1) is 5.92 Å². The summed E-state index contributed by atoms with van der Waals surface area (Å²) in [6.07, 6.45) is 3.09. The predicted molar refractivity (Wildman–Crippen MR) is 59.4 cm³/mol. The zero-order valence-corrected chi connectivity index (χ0v) is 9.66. The van der Waals surface area contributed by atoms with Crippen molar-refractivity contribution in [2.75, 3.05) is 13.2 Å². The number of hydrogen-bond donors (Lipinski definition) is 2. The highest BCUT2D eigenvalue weighted by molar-refractivity contribution is 5.80. The fourth-order valence-corrected chi connectivity index (χ4v) is 1.93. The molecule has 2 unspecified atom stereocenters. The molecule has 3 N–H and O–H groups in total. The summed E-state index contributed by atoms with van der Waals surface area (Å²) in [6.45, 7) is 5.63. The molecule has 1 saturated heterocycles. The number of amides is 1. The molecule has 1 aliphatic heterocycles. The molecule has 1 heterocycles. The van der Waals surface area contributed by atoms with Crippen molar-refractivity contribution in [2.24, 2.45) is 11.7 Å². The second-order valence-electron chi connectivity index (χ2n) is 4.53. The van der Waals surface area contributed by atoms with Gasteiger partial charge < -0.3 is 15.8 Å². The summed E-state index contributed by atoms with van der Waals surface area (Å²) in [7, 11) is 0. The number of nitrogens with one attached hydrogen (secondary N) is 1. The van der Waals surface area contributed by atoms with Gasteiger partial charge in [-0.3, -0.25) is 4.79 Å². The Morgan fingerprint density at radius 2 is 2.13 bits per heavy atom. The number of carbonyl (C=O) groups excluding carboxylic acids is 1. The quantitative estimate of drug-likeness (QED) is 0.722. The first kappa shape index (κ1) is 12.5.